The molecule has 36 heavy (non-hydrogen) atoms. The van der Waals surface area contributed by atoms with E-state index in [0.29, 0.717) is 0 Å². The van der Waals surface area contributed by atoms with E-state index in [-0.39, 0.29) is 58.1 Å². The van der Waals surface area contributed by atoms with Crippen molar-refractivity contribution in [2.24, 2.45) is 0 Å². The molecule has 0 spiro atoms. The molecule has 0 unspecified atom stereocenters. The van der Waals surface area contributed by atoms with Crippen LogP contribution in [0, 0.1) is 127 Å². The van der Waals surface area contributed by atoms with E-state index in [1.807, 2.05) is 64.2 Å². The Morgan fingerprint density at radius 1 is 0.528 bits per heavy atom. The van der Waals surface area contributed by atoms with E-state index >= 15 is 0 Å². The summed E-state index contributed by atoms with van der Waals surface area (Å²) in [5, 5.41) is 12.9. The third-order valence-electron chi connectivity index (χ3n) is 6.06. The molecule has 7 heteroatoms. The van der Waals surface area contributed by atoms with Gasteiger partial charge in [0.25, 0.3) is 0 Å². The zero-order valence-electron chi connectivity index (χ0n) is 20.3. The van der Waals surface area contributed by atoms with Gasteiger partial charge in [0.2, 0.25) is 0 Å². The van der Waals surface area contributed by atoms with Crippen molar-refractivity contribution in [3.05, 3.63) is 139 Å². The average molecular weight is 674 g/mol. The van der Waals surface area contributed by atoms with E-state index < -0.39 is 0 Å². The number of hydrogen-bond acceptors (Lipinski definition) is 3. The van der Waals surface area contributed by atoms with Crippen molar-refractivity contribution in [2.75, 3.05) is 20.1 Å². The van der Waals surface area contributed by atoms with Gasteiger partial charge in [0.05, 0.1) is 20.1 Å². The van der Waals surface area contributed by atoms with Gasteiger partial charge in [-0.25, -0.2) is 0 Å². The van der Waals surface area contributed by atoms with Gasteiger partial charge in [-0.15, -0.1) is 10.2 Å². The maximum atomic E-state index is 4.44. The number of piperidine rings is 1. The van der Waals surface area contributed by atoms with Gasteiger partial charge >= 0.3 is 34.1 Å². The van der Waals surface area contributed by atoms with Crippen LogP contribution in [0.5, 0.6) is 0 Å². The van der Waals surface area contributed by atoms with E-state index in [1.165, 1.54) is 24.9 Å². The Morgan fingerprint density at radius 2 is 0.861 bits per heavy atom. The van der Waals surface area contributed by atoms with Gasteiger partial charge in [-0.05, 0) is 140 Å². The van der Waals surface area contributed by atoms with Crippen molar-refractivity contribution in [1.82, 2.24) is 19.9 Å². The van der Waals surface area contributed by atoms with Gasteiger partial charge in [-0.3, -0.25) is 4.48 Å². The number of quaternary nitrogens is 1. The smallest absolute Gasteiger partial charge is 1.00 e. The zero-order valence-corrected chi connectivity index (χ0v) is 24.7. The number of rotatable bonds is 3. The summed E-state index contributed by atoms with van der Waals surface area (Å²) in [4.78, 5) is 0. The topological polar surface area (TPSA) is 38.7 Å². The van der Waals surface area contributed by atoms with Crippen molar-refractivity contribution >= 4 is 5.69 Å². The first-order valence-corrected chi connectivity index (χ1v) is 11.6. The number of hydrogen-bond donors (Lipinski definition) is 0. The van der Waals surface area contributed by atoms with Crippen LogP contribution < -0.4 is 28.5 Å². The van der Waals surface area contributed by atoms with E-state index in [1.54, 1.807) is 0 Å². The first kappa shape index (κ1) is 34.8. The minimum absolute atomic E-state index is 0. The molecule has 0 amide bonds. The Balaban J connectivity index is 0.000000418. The molecule has 0 atom stereocenters. The molecule has 0 N–H and O–H groups in total. The number of halogens is 1. The summed E-state index contributed by atoms with van der Waals surface area (Å²) >= 11 is 0. The van der Waals surface area contributed by atoms with E-state index in [2.05, 4.69) is 73.8 Å². The fourth-order valence-electron chi connectivity index (χ4n) is 4.36. The Hall–Kier alpha value is 0.739. The Labute approximate surface area is 260 Å². The number of likely N-dealkylation sites (tertiary alicyclic amines) is 1. The van der Waals surface area contributed by atoms with Crippen molar-refractivity contribution in [3.8, 4) is 0 Å². The van der Waals surface area contributed by atoms with Crippen molar-refractivity contribution in [1.29, 1.82) is 0 Å². The summed E-state index contributed by atoms with van der Waals surface area (Å²) in [6, 6.07) is 0. The molecular weight excluding hydrogens is 643 g/mol. The molecule has 20 radical (unpaired) electrons. The van der Waals surface area contributed by atoms with Crippen molar-refractivity contribution in [3.63, 3.8) is 0 Å². The van der Waals surface area contributed by atoms with Crippen LogP contribution in [0.1, 0.15) is 30.7 Å². The molecule has 4 nitrogen and oxygen atoms in total. The monoisotopic (exact) mass is 674 g/mol. The van der Waals surface area contributed by atoms with Crippen LogP contribution in [-0.4, -0.2) is 35.5 Å². The van der Waals surface area contributed by atoms with Crippen LogP contribution in [0.25, 0.3) is 0 Å². The third-order valence-corrected chi connectivity index (χ3v) is 6.06. The minimum atomic E-state index is 0. The molecule has 1 aromatic heterocycles. The normalized spacial score (nSPS) is 23.2. The molecule has 4 saturated carbocycles. The summed E-state index contributed by atoms with van der Waals surface area (Å²) in [7, 11) is 2.32. The second-order valence-corrected chi connectivity index (χ2v) is 8.51. The quantitative estimate of drug-likeness (QED) is 0.278. The van der Waals surface area contributed by atoms with Crippen molar-refractivity contribution < 1.29 is 58.1 Å². The van der Waals surface area contributed by atoms with Crippen LogP contribution in [-0.2, 0) is 34.1 Å². The Bertz CT molecular complexity index is 635. The fraction of sp³-hybridized carbons (Fsp3) is 0.207. The van der Waals surface area contributed by atoms with Gasteiger partial charge in [0.1, 0.15) is 11.4 Å². The summed E-state index contributed by atoms with van der Waals surface area (Å²) in [5.74, 6) is 2.26. The van der Waals surface area contributed by atoms with Crippen LogP contribution in [0.15, 0.2) is 0 Å². The fourth-order valence-corrected chi connectivity index (χ4v) is 4.36. The largest absolute Gasteiger partial charge is 2.00 e. The van der Waals surface area contributed by atoms with Crippen molar-refractivity contribution in [2.45, 2.75) is 19.3 Å². The number of aromatic nitrogens is 3. The van der Waals surface area contributed by atoms with Gasteiger partial charge < -0.3 is 24.0 Å². The SMILES string of the molecule is C[N+]1(c2c([C]3[CH][CH][CH][CH]3)nnnc2[C]2[CH][CH][CH][CH]2)CCCCC1.[CH]1[CH][CH][CH][CH]1.[CH]1[CH][CH][CH][CH]1.[Fe+2].[Fe+2].[I-]. The van der Waals surface area contributed by atoms with Gasteiger partial charge in [-0.2, -0.15) is 0 Å². The molecule has 0 aromatic carbocycles. The molecule has 2 heterocycles. The second-order valence-electron chi connectivity index (χ2n) is 8.51. The summed E-state index contributed by atoms with van der Waals surface area (Å²) in [6.45, 7) is 2.27. The number of nitrogens with zero attached hydrogens (tertiary/aromatic N) is 4. The maximum absolute atomic E-state index is 4.44. The zero-order chi connectivity index (χ0) is 22.8. The molecule has 1 aliphatic heterocycles. The van der Waals surface area contributed by atoms with E-state index in [9.17, 15) is 0 Å². The summed E-state index contributed by atoms with van der Waals surface area (Å²) < 4.78 is 0.892. The van der Waals surface area contributed by atoms with Gasteiger partial charge in [0.15, 0.2) is 5.69 Å². The van der Waals surface area contributed by atoms with Crippen LogP contribution >= 0.6 is 0 Å². The average Bonchev–Trinajstić information content (AvgIpc) is 3.70. The first-order chi connectivity index (χ1) is 16.3. The Kier molecular flexibility index (Phi) is 18.3. The molecule has 0 bridgehead atoms. The molecule has 6 rings (SSSR count). The molecule has 5 fully saturated rings. The Morgan fingerprint density at radius 3 is 1.19 bits per heavy atom. The summed E-state index contributed by atoms with van der Waals surface area (Å²) in [5.41, 5.74) is 3.17. The third kappa shape index (κ3) is 10.0. The molecular formula is C29H31Fe2IN4+4. The molecule has 1 aromatic rings. The molecule has 1 saturated heterocycles. The van der Waals surface area contributed by atoms with Crippen LogP contribution in [0.2, 0.25) is 0 Å². The van der Waals surface area contributed by atoms with Gasteiger partial charge in [0, 0.05) is 11.8 Å². The standard InChI is InChI=1S/C19H21N4.2C5H5.2Fe.HI/c1-23(13-7-2-8-14-23)19-17(15-9-3-4-10-15)20-22-21-18(19)16-11-5-6-12-16;2*1-2-4-5-3-1;;;/h3-6,9-12H,2,7-8,13-14H2,1H3;2*1-5H;;;1H/q+1;;;2*+2;/p-1. The molecule has 186 valence electrons. The predicted octanol–water partition coefficient (Wildman–Crippen LogP) is 1.54. The van der Waals surface area contributed by atoms with Crippen LogP contribution in [0.4, 0.5) is 5.69 Å². The minimum Gasteiger partial charge on any atom is -1.00 e. The summed E-state index contributed by atoms with van der Waals surface area (Å²) in [6.07, 6.45) is 40.5. The van der Waals surface area contributed by atoms with Crippen LogP contribution in [0.3, 0.4) is 0 Å². The first-order valence-electron chi connectivity index (χ1n) is 11.6. The second kappa shape index (κ2) is 18.9. The maximum Gasteiger partial charge on any atom is 2.00 e. The molecule has 5 aliphatic rings. The predicted molar refractivity (Wildman–Crippen MR) is 133 cm³/mol. The van der Waals surface area contributed by atoms with E-state index in [4.69, 9.17) is 0 Å². The van der Waals surface area contributed by atoms with Gasteiger partial charge in [-0.1, -0.05) is 0 Å². The molecule has 4 aliphatic carbocycles. The van der Waals surface area contributed by atoms with E-state index in [0.717, 1.165) is 40.8 Å².